The summed E-state index contributed by atoms with van der Waals surface area (Å²) < 4.78 is 29.8. The summed E-state index contributed by atoms with van der Waals surface area (Å²) in [5.74, 6) is -0.739. The molecule has 4 aromatic rings. The number of aryl methyl sites for hydroxylation is 3. The second kappa shape index (κ2) is 15.5. The molecule has 0 aromatic heterocycles. The van der Waals surface area contributed by atoms with Gasteiger partial charge in [-0.25, -0.2) is 8.42 Å². The van der Waals surface area contributed by atoms with E-state index >= 15 is 0 Å². The summed E-state index contributed by atoms with van der Waals surface area (Å²) in [6, 6.07) is 30.3. The average Bonchev–Trinajstić information content (AvgIpc) is 3.05. The maximum atomic E-state index is 14.6. The van der Waals surface area contributed by atoms with E-state index in [2.05, 4.69) is 5.32 Å². The Morgan fingerprint density at radius 2 is 1.40 bits per heavy atom. The number of carbonyl (C=O) groups is 2. The lowest BCUT2D eigenvalue weighted by Gasteiger charge is -2.34. The molecule has 0 saturated carbocycles. The van der Waals surface area contributed by atoms with Crippen LogP contribution < -0.4 is 9.62 Å². The Morgan fingerprint density at radius 1 is 0.778 bits per heavy atom. The van der Waals surface area contributed by atoms with E-state index in [9.17, 15) is 18.0 Å². The molecule has 45 heavy (non-hydrogen) atoms. The predicted octanol–water partition coefficient (Wildman–Crippen LogP) is 6.23. The molecule has 0 aliphatic carbocycles. The third kappa shape index (κ3) is 8.39. The molecule has 0 radical (unpaired) electrons. The minimum atomic E-state index is -4.15. The van der Waals surface area contributed by atoms with Crippen molar-refractivity contribution in [3.05, 3.63) is 131 Å². The van der Waals surface area contributed by atoms with Gasteiger partial charge in [0.2, 0.25) is 11.8 Å². The zero-order chi connectivity index (χ0) is 32.4. The van der Waals surface area contributed by atoms with Gasteiger partial charge in [0.25, 0.3) is 10.0 Å². The summed E-state index contributed by atoms with van der Waals surface area (Å²) in [6.45, 7) is 7.94. The van der Waals surface area contributed by atoms with E-state index in [1.54, 1.807) is 41.3 Å². The van der Waals surface area contributed by atoms with Crippen molar-refractivity contribution in [2.75, 3.05) is 17.4 Å². The first-order chi connectivity index (χ1) is 21.6. The van der Waals surface area contributed by atoms with Gasteiger partial charge >= 0.3 is 0 Å². The van der Waals surface area contributed by atoms with Crippen LogP contribution in [0.2, 0.25) is 0 Å². The molecule has 8 heteroatoms. The highest BCUT2D eigenvalue weighted by molar-refractivity contribution is 7.92. The fourth-order valence-corrected chi connectivity index (χ4v) is 6.75. The molecule has 4 aromatic carbocycles. The average molecular weight is 626 g/mol. The van der Waals surface area contributed by atoms with Crippen LogP contribution in [-0.4, -0.2) is 44.3 Å². The minimum Gasteiger partial charge on any atom is -0.354 e. The van der Waals surface area contributed by atoms with E-state index in [1.807, 2.05) is 94.4 Å². The van der Waals surface area contributed by atoms with Crippen LogP contribution in [-0.2, 0) is 39.0 Å². The van der Waals surface area contributed by atoms with Crippen molar-refractivity contribution in [3.8, 4) is 0 Å². The number of para-hydroxylation sites is 1. The molecule has 0 fully saturated rings. The molecule has 1 atom stereocenters. The van der Waals surface area contributed by atoms with Crippen LogP contribution in [0.15, 0.2) is 108 Å². The Balaban J connectivity index is 1.83. The number of nitrogens with one attached hydrogen (secondary N) is 1. The molecule has 1 unspecified atom stereocenters. The molecule has 7 nitrogen and oxygen atoms in total. The van der Waals surface area contributed by atoms with Gasteiger partial charge in [-0.15, -0.1) is 0 Å². The maximum Gasteiger partial charge on any atom is 0.264 e. The van der Waals surface area contributed by atoms with Gasteiger partial charge in [-0.05, 0) is 67.1 Å². The predicted molar refractivity (Wildman–Crippen MR) is 180 cm³/mol. The third-order valence-electron chi connectivity index (χ3n) is 7.95. The first kappa shape index (κ1) is 33.5. The minimum absolute atomic E-state index is 0.0961. The molecule has 0 heterocycles. The SMILES string of the molecule is CCCNC(=O)C(Cc1ccccc1)N(Cc1ccccc1C)C(=O)CN(c1ccccc1CC)S(=O)(=O)c1ccc(C)cc1. The lowest BCUT2D eigenvalue weighted by atomic mass is 10.0. The number of amides is 2. The second-order valence-corrected chi connectivity index (χ2v) is 13.1. The largest absolute Gasteiger partial charge is 0.354 e. The number of rotatable bonds is 14. The van der Waals surface area contributed by atoms with Gasteiger partial charge in [0, 0.05) is 19.5 Å². The number of hydrogen-bond acceptors (Lipinski definition) is 4. The summed E-state index contributed by atoms with van der Waals surface area (Å²) in [7, 11) is -4.15. The van der Waals surface area contributed by atoms with E-state index in [0.29, 0.717) is 18.7 Å². The highest BCUT2D eigenvalue weighted by atomic mass is 32.2. The first-order valence-electron chi connectivity index (χ1n) is 15.5. The van der Waals surface area contributed by atoms with Gasteiger partial charge in [-0.1, -0.05) is 104 Å². The van der Waals surface area contributed by atoms with Gasteiger partial charge < -0.3 is 10.2 Å². The second-order valence-electron chi connectivity index (χ2n) is 11.3. The van der Waals surface area contributed by atoms with Crippen LogP contribution >= 0.6 is 0 Å². The Morgan fingerprint density at radius 3 is 2.04 bits per heavy atom. The summed E-state index contributed by atoms with van der Waals surface area (Å²) in [6.07, 6.45) is 1.60. The van der Waals surface area contributed by atoms with Crippen molar-refractivity contribution >= 4 is 27.5 Å². The van der Waals surface area contributed by atoms with Crippen molar-refractivity contribution in [2.45, 2.75) is 64.4 Å². The molecule has 0 spiro atoms. The lowest BCUT2D eigenvalue weighted by molar-refractivity contribution is -0.140. The number of benzene rings is 4. The third-order valence-corrected chi connectivity index (χ3v) is 9.73. The van der Waals surface area contributed by atoms with Gasteiger partial charge in [0.05, 0.1) is 10.6 Å². The Hall–Kier alpha value is -4.43. The molecular formula is C37H43N3O4S. The quantitative estimate of drug-likeness (QED) is 0.180. The standard InChI is InChI=1S/C37H43N3O4S/c1-5-24-38-37(42)35(25-30-15-8-7-9-16-30)39(26-32-18-11-10-14-29(32)4)36(41)27-40(34-19-13-12-17-31(34)6-2)45(43,44)33-22-20-28(3)21-23-33/h7-23,35H,5-6,24-27H2,1-4H3,(H,38,42). The Bertz CT molecular complexity index is 1690. The Kier molecular flexibility index (Phi) is 11.5. The first-order valence-corrected chi connectivity index (χ1v) is 16.9. The smallest absolute Gasteiger partial charge is 0.264 e. The Labute approximate surface area is 268 Å². The lowest BCUT2D eigenvalue weighted by Crippen LogP contribution is -2.53. The van der Waals surface area contributed by atoms with Crippen molar-refractivity contribution in [1.29, 1.82) is 0 Å². The summed E-state index contributed by atoms with van der Waals surface area (Å²) in [5.41, 5.74) is 4.93. The topological polar surface area (TPSA) is 86.8 Å². The van der Waals surface area contributed by atoms with E-state index in [-0.39, 0.29) is 23.8 Å². The van der Waals surface area contributed by atoms with Crippen LogP contribution in [0.5, 0.6) is 0 Å². The zero-order valence-corrected chi connectivity index (χ0v) is 27.4. The molecular weight excluding hydrogens is 582 g/mol. The molecule has 0 saturated heterocycles. The summed E-state index contributed by atoms with van der Waals surface area (Å²) >= 11 is 0. The van der Waals surface area contributed by atoms with Crippen molar-refractivity contribution < 1.29 is 18.0 Å². The number of carbonyl (C=O) groups excluding carboxylic acids is 2. The maximum absolute atomic E-state index is 14.6. The number of anilines is 1. The van der Waals surface area contributed by atoms with Crippen molar-refractivity contribution in [1.82, 2.24) is 10.2 Å². The molecule has 0 bridgehead atoms. The molecule has 4 rings (SSSR count). The van der Waals surface area contributed by atoms with Crippen molar-refractivity contribution in [3.63, 3.8) is 0 Å². The summed E-state index contributed by atoms with van der Waals surface area (Å²) in [5, 5.41) is 2.99. The monoisotopic (exact) mass is 625 g/mol. The zero-order valence-electron chi connectivity index (χ0n) is 26.6. The van der Waals surface area contributed by atoms with Crippen LogP contribution in [0.1, 0.15) is 48.1 Å². The fraction of sp³-hybridized carbons (Fsp3) is 0.297. The van der Waals surface area contributed by atoms with Gasteiger partial charge in [0.1, 0.15) is 12.6 Å². The normalized spacial score (nSPS) is 11.9. The number of sulfonamides is 1. The number of nitrogens with zero attached hydrogens (tertiary/aromatic N) is 2. The number of hydrogen-bond donors (Lipinski definition) is 1. The van der Waals surface area contributed by atoms with Gasteiger partial charge in [-0.2, -0.15) is 0 Å². The van der Waals surface area contributed by atoms with Crippen LogP contribution in [0, 0.1) is 13.8 Å². The molecule has 236 valence electrons. The van der Waals surface area contributed by atoms with Crippen LogP contribution in [0.25, 0.3) is 0 Å². The van der Waals surface area contributed by atoms with Gasteiger partial charge in [0.15, 0.2) is 0 Å². The van der Waals surface area contributed by atoms with E-state index in [4.69, 9.17) is 0 Å². The molecule has 2 amide bonds. The van der Waals surface area contributed by atoms with Crippen LogP contribution in [0.4, 0.5) is 5.69 Å². The molecule has 0 aliphatic rings. The highest BCUT2D eigenvalue weighted by Gasteiger charge is 2.35. The molecule has 0 aliphatic heterocycles. The van der Waals surface area contributed by atoms with Gasteiger partial charge in [-0.3, -0.25) is 13.9 Å². The fourth-order valence-electron chi connectivity index (χ4n) is 5.29. The van der Waals surface area contributed by atoms with E-state index in [0.717, 1.165) is 34.2 Å². The van der Waals surface area contributed by atoms with Crippen LogP contribution in [0.3, 0.4) is 0 Å². The van der Waals surface area contributed by atoms with E-state index < -0.39 is 28.5 Å². The molecule has 1 N–H and O–H groups in total. The highest BCUT2D eigenvalue weighted by Crippen LogP contribution is 2.29. The summed E-state index contributed by atoms with van der Waals surface area (Å²) in [4.78, 5) is 30.1. The van der Waals surface area contributed by atoms with E-state index in [1.165, 1.54) is 4.31 Å². The van der Waals surface area contributed by atoms with Crippen molar-refractivity contribution in [2.24, 2.45) is 0 Å².